The molecule has 2 aromatic rings. The number of likely N-dealkylation sites (tertiary alicyclic amines) is 1. The Labute approximate surface area is 145 Å². The topological polar surface area (TPSA) is 68.5 Å². The highest BCUT2D eigenvalue weighted by Gasteiger charge is 2.32. The largest absolute Gasteiger partial charge is 0.368 e. The van der Waals surface area contributed by atoms with Gasteiger partial charge in [-0.1, -0.05) is 5.16 Å². The fourth-order valence-corrected chi connectivity index (χ4v) is 3.44. The summed E-state index contributed by atoms with van der Waals surface area (Å²) in [5, 5.41) is 4.00. The standard InChI is InChI=1S/C18H20FN3O3/c19-14-5-3-12(4-6-14)16-20-17(25-21-16)13-7-9-22(10-8-13)18(23)15-2-1-11-24-15/h3-6,13,15H,1-2,7-11H2/t15-/m0/s1. The molecule has 132 valence electrons. The molecule has 0 bridgehead atoms. The van der Waals surface area contributed by atoms with Crippen molar-refractivity contribution >= 4 is 5.91 Å². The Morgan fingerprint density at radius 2 is 1.92 bits per heavy atom. The first-order valence-corrected chi connectivity index (χ1v) is 8.70. The van der Waals surface area contributed by atoms with Gasteiger partial charge in [0.1, 0.15) is 11.9 Å². The summed E-state index contributed by atoms with van der Waals surface area (Å²) in [6.45, 7) is 2.04. The molecule has 3 heterocycles. The van der Waals surface area contributed by atoms with E-state index in [9.17, 15) is 9.18 Å². The highest BCUT2D eigenvalue weighted by molar-refractivity contribution is 5.81. The van der Waals surface area contributed by atoms with Crippen LogP contribution in [0, 0.1) is 5.82 Å². The van der Waals surface area contributed by atoms with Gasteiger partial charge in [-0.05, 0) is 49.9 Å². The first-order valence-electron chi connectivity index (χ1n) is 8.70. The molecular weight excluding hydrogens is 325 g/mol. The Morgan fingerprint density at radius 1 is 1.16 bits per heavy atom. The Bertz CT molecular complexity index is 732. The minimum absolute atomic E-state index is 0.105. The Morgan fingerprint density at radius 3 is 2.60 bits per heavy atom. The zero-order valence-corrected chi connectivity index (χ0v) is 13.9. The third-order valence-electron chi connectivity index (χ3n) is 4.91. The number of rotatable bonds is 3. The molecule has 4 rings (SSSR count). The summed E-state index contributed by atoms with van der Waals surface area (Å²) in [5.74, 6) is 1.01. The summed E-state index contributed by atoms with van der Waals surface area (Å²) in [4.78, 5) is 18.7. The molecule has 25 heavy (non-hydrogen) atoms. The molecule has 0 radical (unpaired) electrons. The molecule has 7 heteroatoms. The third kappa shape index (κ3) is 3.42. The van der Waals surface area contributed by atoms with Crippen molar-refractivity contribution in [2.24, 2.45) is 0 Å². The fourth-order valence-electron chi connectivity index (χ4n) is 3.44. The molecule has 1 aromatic carbocycles. The van der Waals surface area contributed by atoms with Crippen LogP contribution in [0.2, 0.25) is 0 Å². The average Bonchev–Trinajstić information content (AvgIpc) is 3.34. The number of amides is 1. The number of hydrogen-bond donors (Lipinski definition) is 0. The van der Waals surface area contributed by atoms with Crippen LogP contribution in [-0.4, -0.2) is 46.7 Å². The molecule has 0 unspecified atom stereocenters. The number of ether oxygens (including phenoxy) is 1. The van der Waals surface area contributed by atoms with E-state index >= 15 is 0 Å². The lowest BCUT2D eigenvalue weighted by atomic mass is 9.96. The van der Waals surface area contributed by atoms with Crippen molar-refractivity contribution in [3.8, 4) is 11.4 Å². The van der Waals surface area contributed by atoms with E-state index in [1.165, 1.54) is 12.1 Å². The summed E-state index contributed by atoms with van der Waals surface area (Å²) < 4.78 is 23.9. The van der Waals surface area contributed by atoms with Gasteiger partial charge < -0.3 is 14.2 Å². The van der Waals surface area contributed by atoms with Gasteiger partial charge in [0.05, 0.1) is 0 Å². The van der Waals surface area contributed by atoms with Gasteiger partial charge in [0.2, 0.25) is 11.7 Å². The molecule has 2 aliphatic rings. The number of piperidine rings is 1. The number of benzene rings is 1. The number of aromatic nitrogens is 2. The van der Waals surface area contributed by atoms with Crippen LogP contribution in [0.3, 0.4) is 0 Å². The second-order valence-electron chi connectivity index (χ2n) is 6.56. The molecule has 6 nitrogen and oxygen atoms in total. The second kappa shape index (κ2) is 6.92. The molecular formula is C18H20FN3O3. The number of hydrogen-bond acceptors (Lipinski definition) is 5. The van der Waals surface area contributed by atoms with Crippen LogP contribution in [0.1, 0.15) is 37.5 Å². The molecule has 0 aliphatic carbocycles. The monoisotopic (exact) mass is 345 g/mol. The first kappa shape index (κ1) is 16.2. The molecule has 0 N–H and O–H groups in total. The van der Waals surface area contributed by atoms with Crippen LogP contribution in [-0.2, 0) is 9.53 Å². The van der Waals surface area contributed by atoms with Gasteiger partial charge in [-0.3, -0.25) is 4.79 Å². The molecule has 1 aromatic heterocycles. The van der Waals surface area contributed by atoms with E-state index in [-0.39, 0.29) is 23.7 Å². The van der Waals surface area contributed by atoms with E-state index in [4.69, 9.17) is 9.26 Å². The highest BCUT2D eigenvalue weighted by atomic mass is 19.1. The first-order chi connectivity index (χ1) is 12.2. The van der Waals surface area contributed by atoms with Gasteiger partial charge in [-0.2, -0.15) is 4.98 Å². The Balaban J connectivity index is 1.38. The van der Waals surface area contributed by atoms with E-state index in [0.29, 0.717) is 31.4 Å². The SMILES string of the molecule is O=C([C@@H]1CCCO1)N1CCC(c2nc(-c3ccc(F)cc3)no2)CC1. The molecule has 2 saturated heterocycles. The average molecular weight is 345 g/mol. The molecule has 1 amide bonds. The van der Waals surface area contributed by atoms with Gasteiger partial charge in [0.15, 0.2) is 0 Å². The lowest BCUT2D eigenvalue weighted by molar-refractivity contribution is -0.142. The molecule has 0 spiro atoms. The van der Waals surface area contributed by atoms with Gasteiger partial charge in [-0.15, -0.1) is 0 Å². The van der Waals surface area contributed by atoms with Gasteiger partial charge in [0, 0.05) is 31.2 Å². The lowest BCUT2D eigenvalue weighted by Gasteiger charge is -2.31. The van der Waals surface area contributed by atoms with Crippen molar-refractivity contribution in [3.63, 3.8) is 0 Å². The third-order valence-corrected chi connectivity index (χ3v) is 4.91. The quantitative estimate of drug-likeness (QED) is 0.856. The van der Waals surface area contributed by atoms with Crippen molar-refractivity contribution in [1.29, 1.82) is 0 Å². The Hall–Kier alpha value is -2.28. The number of nitrogens with zero attached hydrogens (tertiary/aromatic N) is 3. The number of halogens is 1. The molecule has 2 aliphatic heterocycles. The number of carbonyl (C=O) groups excluding carboxylic acids is 1. The zero-order chi connectivity index (χ0) is 17.2. The van der Waals surface area contributed by atoms with Crippen LogP contribution < -0.4 is 0 Å². The van der Waals surface area contributed by atoms with Crippen molar-refractivity contribution < 1.29 is 18.4 Å². The maximum absolute atomic E-state index is 13.0. The Kier molecular flexibility index (Phi) is 4.48. The minimum atomic E-state index is -0.296. The minimum Gasteiger partial charge on any atom is -0.368 e. The fraction of sp³-hybridized carbons (Fsp3) is 0.500. The van der Waals surface area contributed by atoms with Gasteiger partial charge in [0.25, 0.3) is 5.91 Å². The van der Waals surface area contributed by atoms with Crippen LogP contribution in [0.25, 0.3) is 11.4 Å². The van der Waals surface area contributed by atoms with Crippen LogP contribution >= 0.6 is 0 Å². The van der Waals surface area contributed by atoms with Crippen LogP contribution in [0.15, 0.2) is 28.8 Å². The predicted octanol–water partition coefficient (Wildman–Crippen LogP) is 2.76. The summed E-state index contributed by atoms with van der Waals surface area (Å²) in [6.07, 6.45) is 3.11. The summed E-state index contributed by atoms with van der Waals surface area (Å²) in [6, 6.07) is 6.01. The van der Waals surface area contributed by atoms with E-state index < -0.39 is 0 Å². The summed E-state index contributed by atoms with van der Waals surface area (Å²) in [7, 11) is 0. The van der Waals surface area contributed by atoms with E-state index in [1.54, 1.807) is 12.1 Å². The van der Waals surface area contributed by atoms with Gasteiger partial charge >= 0.3 is 0 Å². The highest BCUT2D eigenvalue weighted by Crippen LogP contribution is 2.29. The number of carbonyl (C=O) groups is 1. The van der Waals surface area contributed by atoms with Gasteiger partial charge in [-0.25, -0.2) is 4.39 Å². The van der Waals surface area contributed by atoms with Crippen LogP contribution in [0.4, 0.5) is 4.39 Å². The van der Waals surface area contributed by atoms with E-state index in [1.807, 2.05) is 4.90 Å². The molecule has 2 fully saturated rings. The normalized spacial score (nSPS) is 21.6. The van der Waals surface area contributed by atoms with Crippen molar-refractivity contribution in [2.75, 3.05) is 19.7 Å². The summed E-state index contributed by atoms with van der Waals surface area (Å²) >= 11 is 0. The summed E-state index contributed by atoms with van der Waals surface area (Å²) in [5.41, 5.74) is 0.724. The lowest BCUT2D eigenvalue weighted by Crippen LogP contribution is -2.43. The maximum atomic E-state index is 13.0. The van der Waals surface area contributed by atoms with E-state index in [0.717, 1.165) is 31.2 Å². The molecule has 1 atom stereocenters. The smallest absolute Gasteiger partial charge is 0.251 e. The van der Waals surface area contributed by atoms with E-state index in [2.05, 4.69) is 10.1 Å². The zero-order valence-electron chi connectivity index (χ0n) is 13.9. The van der Waals surface area contributed by atoms with Crippen molar-refractivity contribution in [2.45, 2.75) is 37.7 Å². The second-order valence-corrected chi connectivity index (χ2v) is 6.56. The van der Waals surface area contributed by atoms with Crippen molar-refractivity contribution in [3.05, 3.63) is 36.0 Å². The van der Waals surface area contributed by atoms with Crippen LogP contribution in [0.5, 0.6) is 0 Å². The predicted molar refractivity (Wildman–Crippen MR) is 87.2 cm³/mol. The maximum Gasteiger partial charge on any atom is 0.251 e. The van der Waals surface area contributed by atoms with Crippen molar-refractivity contribution in [1.82, 2.24) is 15.0 Å². The molecule has 0 saturated carbocycles.